The number of benzene rings is 1. The number of rotatable bonds is 5. The van der Waals surface area contributed by atoms with Crippen LogP contribution in [-0.2, 0) is 9.53 Å². The van der Waals surface area contributed by atoms with Gasteiger partial charge in [-0.05, 0) is 35.8 Å². The van der Waals surface area contributed by atoms with E-state index in [0.717, 1.165) is 23.0 Å². The maximum Gasteiger partial charge on any atom is 0.328 e. The Morgan fingerprint density at radius 2 is 2.12 bits per heavy atom. The van der Waals surface area contributed by atoms with Crippen LogP contribution in [-0.4, -0.2) is 31.9 Å². The number of hydrogen-bond donors (Lipinski definition) is 1. The van der Waals surface area contributed by atoms with Crippen LogP contribution in [0.4, 0.5) is 0 Å². The summed E-state index contributed by atoms with van der Waals surface area (Å²) in [7, 11) is 3.14. The molecule has 1 aromatic carbocycles. The predicted octanol–water partition coefficient (Wildman–Crippen LogP) is 2.12. The van der Waals surface area contributed by atoms with Crippen LogP contribution < -0.4 is 4.74 Å². The highest BCUT2D eigenvalue weighted by atomic mass is 16.5. The SMILES string of the molecule is COC/C(=C\C(=O)O)c1ccc(OC)c(C)c1. The number of aliphatic carboxylic acids is 1. The molecule has 4 heteroatoms. The van der Waals surface area contributed by atoms with Crippen LogP contribution in [0.2, 0.25) is 0 Å². The number of carboxylic acid groups (broad SMARTS) is 1. The summed E-state index contributed by atoms with van der Waals surface area (Å²) in [4.78, 5) is 10.7. The van der Waals surface area contributed by atoms with Gasteiger partial charge in [0.05, 0.1) is 13.7 Å². The number of methoxy groups -OCH3 is 2. The van der Waals surface area contributed by atoms with Crippen molar-refractivity contribution in [2.24, 2.45) is 0 Å². The third-order valence-corrected chi connectivity index (χ3v) is 2.36. The Kier molecular flexibility index (Phi) is 4.72. The summed E-state index contributed by atoms with van der Waals surface area (Å²) < 4.78 is 10.1. The number of carbonyl (C=O) groups is 1. The Morgan fingerprint density at radius 3 is 2.59 bits per heavy atom. The predicted molar refractivity (Wildman–Crippen MR) is 65.2 cm³/mol. The molecule has 0 aliphatic rings. The molecule has 0 aliphatic heterocycles. The van der Waals surface area contributed by atoms with E-state index in [-0.39, 0.29) is 6.61 Å². The molecule has 0 fully saturated rings. The van der Waals surface area contributed by atoms with Gasteiger partial charge in [0.15, 0.2) is 0 Å². The number of aryl methyl sites for hydroxylation is 1. The molecule has 0 atom stereocenters. The van der Waals surface area contributed by atoms with E-state index in [1.165, 1.54) is 7.11 Å². The fraction of sp³-hybridized carbons (Fsp3) is 0.308. The molecule has 17 heavy (non-hydrogen) atoms. The van der Waals surface area contributed by atoms with Crippen molar-refractivity contribution in [2.45, 2.75) is 6.92 Å². The first-order valence-electron chi connectivity index (χ1n) is 5.16. The van der Waals surface area contributed by atoms with Crippen molar-refractivity contribution in [1.29, 1.82) is 0 Å². The number of hydrogen-bond acceptors (Lipinski definition) is 3. The van der Waals surface area contributed by atoms with Crippen molar-refractivity contribution in [1.82, 2.24) is 0 Å². The van der Waals surface area contributed by atoms with Crippen LogP contribution in [0.1, 0.15) is 11.1 Å². The Hall–Kier alpha value is -1.81. The van der Waals surface area contributed by atoms with Crippen LogP contribution >= 0.6 is 0 Å². The highest BCUT2D eigenvalue weighted by molar-refractivity contribution is 5.90. The third-order valence-electron chi connectivity index (χ3n) is 2.36. The molecule has 0 radical (unpaired) electrons. The van der Waals surface area contributed by atoms with E-state index in [2.05, 4.69) is 0 Å². The van der Waals surface area contributed by atoms with Gasteiger partial charge in [-0.15, -0.1) is 0 Å². The molecule has 92 valence electrons. The third kappa shape index (κ3) is 3.60. The standard InChI is InChI=1S/C13H16O4/c1-9-6-10(4-5-12(9)17-3)11(8-16-2)7-13(14)15/h4-7H,8H2,1-3H3,(H,14,15)/b11-7+. The number of carboxylic acids is 1. The summed E-state index contributed by atoms with van der Waals surface area (Å²) in [6.45, 7) is 2.17. The lowest BCUT2D eigenvalue weighted by Crippen LogP contribution is -1.99. The molecule has 1 N–H and O–H groups in total. The van der Waals surface area contributed by atoms with Crippen LogP contribution in [0.5, 0.6) is 5.75 Å². The first-order valence-corrected chi connectivity index (χ1v) is 5.16. The van der Waals surface area contributed by atoms with Crippen molar-refractivity contribution >= 4 is 11.5 Å². The summed E-state index contributed by atoms with van der Waals surface area (Å²) in [6.07, 6.45) is 1.16. The van der Waals surface area contributed by atoms with Gasteiger partial charge in [0.25, 0.3) is 0 Å². The molecule has 0 saturated heterocycles. The van der Waals surface area contributed by atoms with E-state index in [1.807, 2.05) is 25.1 Å². The monoisotopic (exact) mass is 236 g/mol. The highest BCUT2D eigenvalue weighted by Crippen LogP contribution is 2.23. The molecular weight excluding hydrogens is 220 g/mol. The average Bonchev–Trinajstić information content (AvgIpc) is 2.28. The Morgan fingerprint density at radius 1 is 1.41 bits per heavy atom. The molecule has 1 aromatic rings. The minimum Gasteiger partial charge on any atom is -0.496 e. The van der Waals surface area contributed by atoms with E-state index in [9.17, 15) is 4.79 Å². The molecule has 0 amide bonds. The van der Waals surface area contributed by atoms with E-state index < -0.39 is 5.97 Å². The van der Waals surface area contributed by atoms with Gasteiger partial charge in [-0.2, -0.15) is 0 Å². The average molecular weight is 236 g/mol. The quantitative estimate of drug-likeness (QED) is 0.795. The summed E-state index contributed by atoms with van der Waals surface area (Å²) in [5, 5.41) is 8.79. The first kappa shape index (κ1) is 13.3. The molecule has 0 aromatic heterocycles. The number of ether oxygens (including phenoxy) is 2. The summed E-state index contributed by atoms with van der Waals surface area (Å²) >= 11 is 0. The van der Waals surface area contributed by atoms with Crippen molar-refractivity contribution in [2.75, 3.05) is 20.8 Å². The maximum absolute atomic E-state index is 10.7. The lowest BCUT2D eigenvalue weighted by Gasteiger charge is -2.09. The minimum atomic E-state index is -0.981. The second-order valence-corrected chi connectivity index (χ2v) is 3.63. The van der Waals surface area contributed by atoms with Crippen LogP contribution in [0, 0.1) is 6.92 Å². The van der Waals surface area contributed by atoms with Gasteiger partial charge in [-0.25, -0.2) is 4.79 Å². The van der Waals surface area contributed by atoms with E-state index in [4.69, 9.17) is 14.6 Å². The van der Waals surface area contributed by atoms with Gasteiger partial charge in [-0.1, -0.05) is 6.07 Å². The highest BCUT2D eigenvalue weighted by Gasteiger charge is 2.06. The van der Waals surface area contributed by atoms with Crippen LogP contribution in [0.3, 0.4) is 0 Å². The summed E-state index contributed by atoms with van der Waals surface area (Å²) in [6, 6.07) is 5.52. The molecular formula is C13H16O4. The van der Waals surface area contributed by atoms with Crippen molar-refractivity contribution in [3.05, 3.63) is 35.4 Å². The maximum atomic E-state index is 10.7. The zero-order chi connectivity index (χ0) is 12.8. The van der Waals surface area contributed by atoms with E-state index >= 15 is 0 Å². The van der Waals surface area contributed by atoms with Gasteiger partial charge in [0.1, 0.15) is 5.75 Å². The molecule has 0 saturated carbocycles. The largest absolute Gasteiger partial charge is 0.496 e. The molecule has 4 nitrogen and oxygen atoms in total. The van der Waals surface area contributed by atoms with Gasteiger partial charge in [0.2, 0.25) is 0 Å². The Labute approximate surface area is 100 Å². The minimum absolute atomic E-state index is 0.262. The Bertz CT molecular complexity index is 435. The molecule has 0 aliphatic carbocycles. The van der Waals surface area contributed by atoms with Crippen molar-refractivity contribution < 1.29 is 19.4 Å². The zero-order valence-electron chi connectivity index (χ0n) is 10.2. The normalized spacial score (nSPS) is 11.4. The Balaban J connectivity index is 3.11. The second kappa shape index (κ2) is 6.06. The van der Waals surface area contributed by atoms with Crippen LogP contribution in [0.15, 0.2) is 24.3 Å². The summed E-state index contributed by atoms with van der Waals surface area (Å²) in [5.74, 6) is -0.202. The van der Waals surface area contributed by atoms with Gasteiger partial charge in [0, 0.05) is 13.2 Å². The lowest BCUT2D eigenvalue weighted by molar-refractivity contribution is -0.131. The second-order valence-electron chi connectivity index (χ2n) is 3.63. The smallest absolute Gasteiger partial charge is 0.328 e. The van der Waals surface area contributed by atoms with Crippen LogP contribution in [0.25, 0.3) is 5.57 Å². The summed E-state index contributed by atoms with van der Waals surface area (Å²) in [5.41, 5.74) is 2.41. The van der Waals surface area contributed by atoms with E-state index in [0.29, 0.717) is 5.57 Å². The van der Waals surface area contributed by atoms with E-state index in [1.54, 1.807) is 7.11 Å². The van der Waals surface area contributed by atoms with Gasteiger partial charge >= 0.3 is 5.97 Å². The van der Waals surface area contributed by atoms with Gasteiger partial charge in [-0.3, -0.25) is 0 Å². The molecule has 0 unspecified atom stereocenters. The first-order chi connectivity index (χ1) is 8.08. The van der Waals surface area contributed by atoms with Crippen molar-refractivity contribution in [3.63, 3.8) is 0 Å². The lowest BCUT2D eigenvalue weighted by atomic mass is 10.0. The topological polar surface area (TPSA) is 55.8 Å². The molecule has 0 heterocycles. The fourth-order valence-corrected chi connectivity index (χ4v) is 1.59. The fourth-order valence-electron chi connectivity index (χ4n) is 1.59. The molecule has 1 rings (SSSR count). The molecule has 0 bridgehead atoms. The zero-order valence-corrected chi connectivity index (χ0v) is 10.2. The molecule has 0 spiro atoms. The van der Waals surface area contributed by atoms with Gasteiger partial charge < -0.3 is 14.6 Å². The van der Waals surface area contributed by atoms with Crippen molar-refractivity contribution in [3.8, 4) is 5.75 Å².